The summed E-state index contributed by atoms with van der Waals surface area (Å²) in [4.78, 5) is 2.49. The van der Waals surface area contributed by atoms with Crippen LogP contribution < -0.4 is 10.2 Å². The van der Waals surface area contributed by atoms with Gasteiger partial charge in [0.1, 0.15) is 6.07 Å². The van der Waals surface area contributed by atoms with Crippen LogP contribution in [0, 0.1) is 11.3 Å². The second-order valence-electron chi connectivity index (χ2n) is 6.89. The lowest BCUT2D eigenvalue weighted by Gasteiger charge is -2.52. The summed E-state index contributed by atoms with van der Waals surface area (Å²) in [6, 6.07) is 9.05. The zero-order valence-electron chi connectivity index (χ0n) is 13.1. The van der Waals surface area contributed by atoms with Gasteiger partial charge in [-0.05, 0) is 44.9 Å². The molecule has 0 spiro atoms. The third-order valence-electron chi connectivity index (χ3n) is 4.68. The second kappa shape index (κ2) is 6.66. The Hall–Kier alpha value is -0.950. The van der Waals surface area contributed by atoms with Gasteiger partial charge in [0.25, 0.3) is 0 Å². The van der Waals surface area contributed by atoms with E-state index in [9.17, 15) is 0 Å². The van der Waals surface area contributed by atoms with Crippen molar-refractivity contribution >= 4 is 29.7 Å². The number of nitrogens with one attached hydrogen (secondary N) is 1. The monoisotopic (exact) mass is 339 g/mol. The highest BCUT2D eigenvalue weighted by Crippen LogP contribution is 2.35. The minimum atomic E-state index is 0. The number of hydrogen-bond donors (Lipinski definition) is 1. The van der Waals surface area contributed by atoms with Crippen molar-refractivity contribution in [2.45, 2.75) is 57.2 Å². The highest BCUT2D eigenvalue weighted by molar-refractivity contribution is 6.32. The zero-order chi connectivity index (χ0) is 15.0. The third kappa shape index (κ3) is 3.35. The van der Waals surface area contributed by atoms with Crippen molar-refractivity contribution in [2.75, 3.05) is 11.4 Å². The largest absolute Gasteiger partial charge is 0.365 e. The van der Waals surface area contributed by atoms with E-state index in [2.05, 4.69) is 30.1 Å². The summed E-state index contributed by atoms with van der Waals surface area (Å²) >= 11 is 6.23. The van der Waals surface area contributed by atoms with Crippen LogP contribution in [0.15, 0.2) is 18.2 Å². The predicted octanol–water partition coefficient (Wildman–Crippen LogP) is 4.13. The van der Waals surface area contributed by atoms with Gasteiger partial charge in [-0.25, -0.2) is 0 Å². The van der Waals surface area contributed by atoms with E-state index < -0.39 is 0 Å². The van der Waals surface area contributed by atoms with Gasteiger partial charge < -0.3 is 10.2 Å². The first kappa shape index (κ1) is 17.4. The minimum absolute atomic E-state index is 0. The van der Waals surface area contributed by atoms with Gasteiger partial charge in [0.05, 0.1) is 10.6 Å². The molecule has 0 radical (unpaired) electrons. The number of rotatable bonds is 1. The van der Waals surface area contributed by atoms with Crippen molar-refractivity contribution in [3.8, 4) is 6.07 Å². The first-order chi connectivity index (χ1) is 10.00. The summed E-state index contributed by atoms with van der Waals surface area (Å²) in [6.07, 6.45) is 5.08. The Balaban J connectivity index is 0.00000176. The van der Waals surface area contributed by atoms with E-state index in [0.717, 1.165) is 12.2 Å². The van der Waals surface area contributed by atoms with Gasteiger partial charge in [0.2, 0.25) is 0 Å². The van der Waals surface area contributed by atoms with Gasteiger partial charge >= 0.3 is 0 Å². The number of hydrogen-bond acceptors (Lipinski definition) is 3. The lowest BCUT2D eigenvalue weighted by Crippen LogP contribution is -2.67. The molecule has 0 bridgehead atoms. The van der Waals surface area contributed by atoms with Crippen LogP contribution in [0.3, 0.4) is 0 Å². The van der Waals surface area contributed by atoms with E-state index in [1.807, 2.05) is 18.2 Å². The van der Waals surface area contributed by atoms with Crippen molar-refractivity contribution in [1.82, 2.24) is 5.32 Å². The smallest absolute Gasteiger partial charge is 0.101 e. The molecule has 1 saturated heterocycles. The molecule has 1 N–H and O–H groups in total. The highest BCUT2D eigenvalue weighted by atomic mass is 35.5. The van der Waals surface area contributed by atoms with Gasteiger partial charge in [0, 0.05) is 29.9 Å². The molecule has 0 amide bonds. The van der Waals surface area contributed by atoms with Crippen LogP contribution in [0.25, 0.3) is 0 Å². The number of halogens is 2. The van der Waals surface area contributed by atoms with E-state index in [0.29, 0.717) is 22.7 Å². The first-order valence-electron chi connectivity index (χ1n) is 7.74. The van der Waals surface area contributed by atoms with Crippen LogP contribution >= 0.6 is 24.0 Å². The molecule has 1 aliphatic carbocycles. The molecule has 120 valence electrons. The van der Waals surface area contributed by atoms with Gasteiger partial charge in [-0.3, -0.25) is 0 Å². The molecule has 2 fully saturated rings. The maximum Gasteiger partial charge on any atom is 0.101 e. The fourth-order valence-corrected chi connectivity index (χ4v) is 4.02. The van der Waals surface area contributed by atoms with E-state index in [-0.39, 0.29) is 17.9 Å². The van der Waals surface area contributed by atoms with Gasteiger partial charge in [-0.2, -0.15) is 5.26 Å². The molecule has 1 heterocycles. The molecule has 0 unspecified atom stereocenters. The fraction of sp³-hybridized carbons (Fsp3) is 0.588. The molecule has 1 aromatic rings. The summed E-state index contributed by atoms with van der Waals surface area (Å²) in [5, 5.41) is 13.4. The number of nitrogens with zero attached hydrogens (tertiary/aromatic N) is 2. The summed E-state index contributed by atoms with van der Waals surface area (Å²) < 4.78 is 0. The fourth-order valence-electron chi connectivity index (χ4n) is 3.80. The van der Waals surface area contributed by atoms with Crippen molar-refractivity contribution < 1.29 is 0 Å². The van der Waals surface area contributed by atoms with Crippen LogP contribution in [0.4, 0.5) is 5.69 Å². The summed E-state index contributed by atoms with van der Waals surface area (Å²) in [5.74, 6) is 0. The van der Waals surface area contributed by atoms with Crippen molar-refractivity contribution in [3.63, 3.8) is 0 Å². The molecule has 1 saturated carbocycles. The normalized spacial score (nSPS) is 26.5. The molecule has 2 atom stereocenters. The van der Waals surface area contributed by atoms with Crippen molar-refractivity contribution in [2.24, 2.45) is 0 Å². The van der Waals surface area contributed by atoms with Crippen LogP contribution in [-0.4, -0.2) is 24.2 Å². The molecule has 1 aliphatic heterocycles. The van der Waals surface area contributed by atoms with Crippen LogP contribution in [0.5, 0.6) is 0 Å². The number of anilines is 1. The molecular weight excluding hydrogens is 317 g/mol. The topological polar surface area (TPSA) is 39.1 Å². The Morgan fingerprint density at radius 2 is 2.05 bits per heavy atom. The second-order valence-corrected chi connectivity index (χ2v) is 7.30. The van der Waals surface area contributed by atoms with Gasteiger partial charge in [0.15, 0.2) is 0 Å². The molecule has 2 aliphatic rings. The van der Waals surface area contributed by atoms with Crippen molar-refractivity contribution in [3.05, 3.63) is 28.8 Å². The third-order valence-corrected chi connectivity index (χ3v) is 4.99. The summed E-state index contributed by atoms with van der Waals surface area (Å²) in [7, 11) is 0. The Bertz CT molecular complexity index is 580. The maximum atomic E-state index is 9.03. The van der Waals surface area contributed by atoms with Gasteiger partial charge in [-0.1, -0.05) is 24.4 Å². The molecule has 0 aromatic heterocycles. The molecule has 1 aromatic carbocycles. The molecule has 5 heteroatoms. The van der Waals surface area contributed by atoms with Gasteiger partial charge in [-0.15, -0.1) is 12.4 Å². The summed E-state index contributed by atoms with van der Waals surface area (Å²) in [5.41, 5.74) is 1.79. The average Bonchev–Trinajstić information content (AvgIpc) is 2.45. The Morgan fingerprint density at radius 3 is 2.73 bits per heavy atom. The van der Waals surface area contributed by atoms with Crippen LogP contribution in [0.2, 0.25) is 5.02 Å². The SMILES string of the molecule is CC1(C)CN(c2ccc(C#N)c(Cl)c2)[C@H]2CCCC[C@@H]2N1.Cl. The summed E-state index contributed by atoms with van der Waals surface area (Å²) in [6.45, 7) is 5.49. The maximum absolute atomic E-state index is 9.03. The average molecular weight is 340 g/mol. The standard InChI is InChI=1S/C17H22ClN3.ClH/c1-17(2)11-21(16-6-4-3-5-15(16)20-17)13-8-7-12(10-19)14(18)9-13;/h7-9,15-16,20H,3-6,11H2,1-2H3;1H/t15-,16-;/m0./s1. The quantitative estimate of drug-likeness (QED) is 0.835. The minimum Gasteiger partial charge on any atom is -0.365 e. The van der Waals surface area contributed by atoms with E-state index in [1.165, 1.54) is 25.7 Å². The molecule has 3 nitrogen and oxygen atoms in total. The Labute approximate surface area is 144 Å². The first-order valence-corrected chi connectivity index (χ1v) is 8.12. The zero-order valence-corrected chi connectivity index (χ0v) is 14.7. The lowest BCUT2D eigenvalue weighted by molar-refractivity contribution is 0.199. The predicted molar refractivity (Wildman–Crippen MR) is 94.0 cm³/mol. The van der Waals surface area contributed by atoms with Crippen molar-refractivity contribution in [1.29, 1.82) is 5.26 Å². The van der Waals surface area contributed by atoms with Crippen LogP contribution in [0.1, 0.15) is 45.1 Å². The lowest BCUT2D eigenvalue weighted by atomic mass is 9.83. The molecular formula is C17H23Cl2N3. The van der Waals surface area contributed by atoms with E-state index in [4.69, 9.17) is 16.9 Å². The van der Waals surface area contributed by atoms with Crippen LogP contribution in [-0.2, 0) is 0 Å². The molecule has 3 rings (SSSR count). The number of benzene rings is 1. The number of fused-ring (bicyclic) bond motifs is 1. The van der Waals surface area contributed by atoms with E-state index >= 15 is 0 Å². The van der Waals surface area contributed by atoms with E-state index in [1.54, 1.807) is 0 Å². The molecule has 22 heavy (non-hydrogen) atoms. The Morgan fingerprint density at radius 1 is 1.32 bits per heavy atom. The number of nitriles is 1. The Kier molecular flexibility index (Phi) is 5.27. The number of piperazine rings is 1. The highest BCUT2D eigenvalue weighted by Gasteiger charge is 2.40.